The van der Waals surface area contributed by atoms with Crippen LogP contribution in [0.4, 0.5) is 0 Å². The van der Waals surface area contributed by atoms with Gasteiger partial charge in [-0.2, -0.15) is 0 Å². The fourth-order valence-electron chi connectivity index (χ4n) is 4.08. The number of rotatable bonds is 4. The van der Waals surface area contributed by atoms with E-state index in [1.54, 1.807) is 0 Å². The lowest BCUT2D eigenvalue weighted by Crippen LogP contribution is -2.51. The predicted molar refractivity (Wildman–Crippen MR) is 95.9 cm³/mol. The third-order valence-corrected chi connectivity index (χ3v) is 6.17. The normalized spacial score (nSPS) is 28.4. The summed E-state index contributed by atoms with van der Waals surface area (Å²) in [5.41, 5.74) is 1.03. The number of aliphatic hydroxyl groups is 1. The fourth-order valence-corrected chi connectivity index (χ4v) is 4.08. The van der Waals surface area contributed by atoms with Gasteiger partial charge in [0.2, 0.25) is 5.91 Å². The van der Waals surface area contributed by atoms with Crippen molar-refractivity contribution in [1.82, 2.24) is 10.2 Å². The molecule has 1 aromatic rings. The Kier molecular flexibility index (Phi) is 4.25. The quantitative estimate of drug-likeness (QED) is 0.890. The zero-order valence-corrected chi connectivity index (χ0v) is 15.4. The Balaban J connectivity index is 1.71. The van der Waals surface area contributed by atoms with Crippen LogP contribution in [0.3, 0.4) is 0 Å². The van der Waals surface area contributed by atoms with Crippen molar-refractivity contribution >= 4 is 5.91 Å². The van der Waals surface area contributed by atoms with E-state index in [9.17, 15) is 9.90 Å². The van der Waals surface area contributed by atoms with Gasteiger partial charge in [0.15, 0.2) is 0 Å². The number of carbonyl (C=O) groups is 1. The second-order valence-corrected chi connectivity index (χ2v) is 8.54. The molecule has 1 amide bonds. The van der Waals surface area contributed by atoms with Gasteiger partial charge in [-0.1, -0.05) is 43.7 Å². The first-order valence-corrected chi connectivity index (χ1v) is 8.95. The van der Waals surface area contributed by atoms with E-state index in [1.807, 2.05) is 0 Å². The molecule has 1 heterocycles. The SMILES string of the molecule is Cc1ccc(C2(C(=O)NCC3(O)CCN(C)CC3)CC2(C)C)cc1. The molecule has 0 aromatic heterocycles. The molecule has 1 atom stereocenters. The molecular formula is C20H30N2O2. The lowest BCUT2D eigenvalue weighted by molar-refractivity contribution is -0.126. The minimum atomic E-state index is -0.768. The molecule has 24 heavy (non-hydrogen) atoms. The van der Waals surface area contributed by atoms with Crippen molar-refractivity contribution in [3.05, 3.63) is 35.4 Å². The molecule has 1 aliphatic heterocycles. The molecule has 1 aromatic carbocycles. The fraction of sp³-hybridized carbons (Fsp3) is 0.650. The van der Waals surface area contributed by atoms with Gasteiger partial charge in [0.05, 0.1) is 11.0 Å². The van der Waals surface area contributed by atoms with Crippen LogP contribution in [0.5, 0.6) is 0 Å². The monoisotopic (exact) mass is 330 g/mol. The number of piperidine rings is 1. The zero-order chi connectivity index (χ0) is 17.6. The van der Waals surface area contributed by atoms with Gasteiger partial charge < -0.3 is 15.3 Å². The Morgan fingerprint density at radius 3 is 2.25 bits per heavy atom. The Hall–Kier alpha value is -1.39. The minimum absolute atomic E-state index is 0.0399. The molecule has 2 N–H and O–H groups in total. The Morgan fingerprint density at radius 2 is 1.75 bits per heavy atom. The summed E-state index contributed by atoms with van der Waals surface area (Å²) in [6.07, 6.45) is 2.28. The molecule has 2 aliphatic rings. The maximum Gasteiger partial charge on any atom is 0.231 e. The molecule has 1 saturated heterocycles. The Labute approximate surface area is 145 Å². The number of likely N-dealkylation sites (tertiary alicyclic amines) is 1. The van der Waals surface area contributed by atoms with Gasteiger partial charge in [0.1, 0.15) is 0 Å². The highest BCUT2D eigenvalue weighted by Crippen LogP contribution is 2.64. The highest BCUT2D eigenvalue weighted by Gasteiger charge is 2.67. The van der Waals surface area contributed by atoms with Gasteiger partial charge in [0.25, 0.3) is 0 Å². The van der Waals surface area contributed by atoms with Crippen LogP contribution in [0.1, 0.15) is 44.2 Å². The number of amides is 1. The van der Waals surface area contributed by atoms with E-state index in [-0.39, 0.29) is 11.3 Å². The lowest BCUT2D eigenvalue weighted by atomic mass is 9.85. The molecule has 0 radical (unpaired) electrons. The highest BCUT2D eigenvalue weighted by atomic mass is 16.3. The first kappa shape index (κ1) is 17.4. The van der Waals surface area contributed by atoms with Crippen LogP contribution in [0, 0.1) is 12.3 Å². The number of hydrogen-bond acceptors (Lipinski definition) is 3. The molecule has 4 nitrogen and oxygen atoms in total. The Morgan fingerprint density at radius 1 is 1.21 bits per heavy atom. The van der Waals surface area contributed by atoms with Crippen LogP contribution in [0.2, 0.25) is 0 Å². The Bertz CT molecular complexity index is 615. The van der Waals surface area contributed by atoms with Crippen LogP contribution in [0.15, 0.2) is 24.3 Å². The van der Waals surface area contributed by atoms with Gasteiger partial charge in [-0.25, -0.2) is 0 Å². The average Bonchev–Trinajstić information content (AvgIpc) is 3.13. The maximum absolute atomic E-state index is 13.0. The van der Waals surface area contributed by atoms with Crippen LogP contribution in [-0.2, 0) is 10.2 Å². The summed E-state index contributed by atoms with van der Waals surface area (Å²) in [6.45, 7) is 8.46. The zero-order valence-electron chi connectivity index (χ0n) is 15.4. The minimum Gasteiger partial charge on any atom is -0.388 e. The third kappa shape index (κ3) is 2.98. The van der Waals surface area contributed by atoms with Crippen LogP contribution in [0.25, 0.3) is 0 Å². The summed E-state index contributed by atoms with van der Waals surface area (Å²) in [6, 6.07) is 8.30. The standard InChI is InChI=1S/C20H30N2O2/c1-15-5-7-16(8-6-15)20(13-18(20,2)3)17(23)21-14-19(24)9-11-22(4)12-10-19/h5-8,24H,9-14H2,1-4H3,(H,21,23). The van der Waals surface area contributed by atoms with Gasteiger partial charge in [-0.15, -0.1) is 0 Å². The number of benzene rings is 1. The molecule has 0 spiro atoms. The summed E-state index contributed by atoms with van der Waals surface area (Å²) in [5.74, 6) is 0.0590. The molecule has 4 heteroatoms. The number of nitrogens with one attached hydrogen (secondary N) is 1. The summed E-state index contributed by atoms with van der Waals surface area (Å²) in [5, 5.41) is 13.8. The topological polar surface area (TPSA) is 52.6 Å². The smallest absolute Gasteiger partial charge is 0.231 e. The maximum atomic E-state index is 13.0. The van der Waals surface area contributed by atoms with Gasteiger partial charge >= 0.3 is 0 Å². The molecule has 132 valence electrons. The molecule has 1 saturated carbocycles. The van der Waals surface area contributed by atoms with E-state index in [2.05, 4.69) is 62.3 Å². The second kappa shape index (κ2) is 5.85. The van der Waals surface area contributed by atoms with E-state index in [0.717, 1.165) is 25.1 Å². The highest BCUT2D eigenvalue weighted by molar-refractivity contribution is 5.93. The molecule has 1 unspecified atom stereocenters. The predicted octanol–water partition coefficient (Wildman–Crippen LogP) is 2.24. The number of hydrogen-bond donors (Lipinski definition) is 2. The van der Waals surface area contributed by atoms with Crippen molar-refractivity contribution in [3.63, 3.8) is 0 Å². The summed E-state index contributed by atoms with van der Waals surface area (Å²) >= 11 is 0. The summed E-state index contributed by atoms with van der Waals surface area (Å²) in [4.78, 5) is 15.3. The van der Waals surface area contributed by atoms with E-state index >= 15 is 0 Å². The van der Waals surface area contributed by atoms with Crippen LogP contribution >= 0.6 is 0 Å². The molecule has 1 aliphatic carbocycles. The summed E-state index contributed by atoms with van der Waals surface area (Å²) in [7, 11) is 2.07. The van der Waals surface area contributed by atoms with Crippen molar-refractivity contribution in [1.29, 1.82) is 0 Å². The number of nitrogens with zero attached hydrogens (tertiary/aromatic N) is 1. The van der Waals surface area contributed by atoms with Crippen molar-refractivity contribution in [2.75, 3.05) is 26.7 Å². The van der Waals surface area contributed by atoms with Crippen LogP contribution < -0.4 is 5.32 Å². The van der Waals surface area contributed by atoms with E-state index < -0.39 is 11.0 Å². The third-order valence-electron chi connectivity index (χ3n) is 6.17. The average molecular weight is 330 g/mol. The van der Waals surface area contributed by atoms with E-state index in [1.165, 1.54) is 5.56 Å². The molecule has 2 fully saturated rings. The molecular weight excluding hydrogens is 300 g/mol. The van der Waals surface area contributed by atoms with E-state index in [0.29, 0.717) is 19.4 Å². The lowest BCUT2D eigenvalue weighted by Gasteiger charge is -2.37. The van der Waals surface area contributed by atoms with Gasteiger partial charge in [-0.3, -0.25) is 4.79 Å². The molecule has 3 rings (SSSR count). The second-order valence-electron chi connectivity index (χ2n) is 8.54. The number of carbonyl (C=O) groups excluding carboxylic acids is 1. The number of aryl methyl sites for hydroxylation is 1. The van der Waals surface area contributed by atoms with Crippen molar-refractivity contribution in [2.24, 2.45) is 5.41 Å². The van der Waals surface area contributed by atoms with Gasteiger partial charge in [0, 0.05) is 19.6 Å². The first-order valence-electron chi connectivity index (χ1n) is 8.95. The first-order chi connectivity index (χ1) is 11.2. The van der Waals surface area contributed by atoms with Crippen molar-refractivity contribution < 1.29 is 9.90 Å². The summed E-state index contributed by atoms with van der Waals surface area (Å²) < 4.78 is 0. The van der Waals surface area contributed by atoms with E-state index in [4.69, 9.17) is 0 Å². The van der Waals surface area contributed by atoms with Crippen LogP contribution in [-0.4, -0.2) is 48.2 Å². The van der Waals surface area contributed by atoms with Crippen molar-refractivity contribution in [3.8, 4) is 0 Å². The largest absolute Gasteiger partial charge is 0.388 e. The molecule has 0 bridgehead atoms. The van der Waals surface area contributed by atoms with Gasteiger partial charge in [-0.05, 0) is 44.2 Å². The van der Waals surface area contributed by atoms with Crippen molar-refractivity contribution in [2.45, 2.75) is 51.0 Å².